The molecule has 1 aromatic carbocycles. The Kier molecular flexibility index (Phi) is 9.14. The summed E-state index contributed by atoms with van der Waals surface area (Å²) < 4.78 is 12.9. The number of benzene rings is 1. The number of carbonyl (C=O) groups is 4. The number of unbranched alkanes of at least 4 members (excludes halogenated alkanes) is 1. The lowest BCUT2D eigenvalue weighted by Gasteiger charge is -2.34. The Morgan fingerprint density at radius 1 is 1.16 bits per heavy atom. The molecule has 3 atom stereocenters. The number of imide groups is 1. The van der Waals surface area contributed by atoms with Crippen molar-refractivity contribution < 1.29 is 38.3 Å². The molecule has 5 rings (SSSR count). The van der Waals surface area contributed by atoms with Gasteiger partial charge in [-0.2, -0.15) is 0 Å². The lowest BCUT2D eigenvalue weighted by atomic mass is 9.84. The molecule has 1 unspecified atom stereocenters. The summed E-state index contributed by atoms with van der Waals surface area (Å²) in [5.41, 5.74) is 1.59. The highest BCUT2D eigenvalue weighted by Crippen LogP contribution is 2.43. The Morgan fingerprint density at radius 2 is 1.95 bits per heavy atom. The predicted molar refractivity (Wildman–Crippen MR) is 156 cm³/mol. The smallest absolute Gasteiger partial charge is 0.326 e. The van der Waals surface area contributed by atoms with Crippen LogP contribution in [0.1, 0.15) is 44.1 Å². The van der Waals surface area contributed by atoms with Gasteiger partial charge in [-0.3, -0.25) is 24.2 Å². The van der Waals surface area contributed by atoms with Gasteiger partial charge < -0.3 is 24.4 Å². The van der Waals surface area contributed by atoms with E-state index in [1.54, 1.807) is 15.9 Å². The standard InChI is InChI=1S/C31H39N5O7/c1-4-5-13-36(22-7-6-12-32(2)17-22)28(38)19-35-18-23(21-8-9-25-26(16-21)43-20-42-25)29(30(39)40)24(35)10-14-34-15-11-27(37)33(3)31(34)41/h6-9,12,16-17,23-24,29H,4-5,10-11,13-15,18-20H2,1-3H3/p+1/t23-,24+,29?/m1/s1. The van der Waals surface area contributed by atoms with Crippen molar-refractivity contribution >= 4 is 29.5 Å². The molecule has 4 heterocycles. The first-order chi connectivity index (χ1) is 20.7. The Labute approximate surface area is 251 Å². The van der Waals surface area contributed by atoms with Gasteiger partial charge in [0.1, 0.15) is 12.7 Å². The number of hydrogen-bond acceptors (Lipinski definition) is 7. The zero-order valence-electron chi connectivity index (χ0n) is 25.0. The summed E-state index contributed by atoms with van der Waals surface area (Å²) in [4.78, 5) is 58.1. The summed E-state index contributed by atoms with van der Waals surface area (Å²) in [7, 11) is 3.37. The van der Waals surface area contributed by atoms with E-state index in [2.05, 4.69) is 6.92 Å². The number of aliphatic carboxylic acids is 1. The highest BCUT2D eigenvalue weighted by atomic mass is 16.7. The van der Waals surface area contributed by atoms with Gasteiger partial charge in [-0.05, 0) is 36.6 Å². The zero-order valence-corrected chi connectivity index (χ0v) is 25.0. The van der Waals surface area contributed by atoms with E-state index in [1.807, 2.05) is 53.2 Å². The maximum absolute atomic E-state index is 14.0. The topological polar surface area (TPSA) is 124 Å². The molecule has 0 radical (unpaired) electrons. The molecular weight excluding hydrogens is 554 g/mol. The SMILES string of the molecule is CCCCN(C(=O)CN1C[C@H](c2ccc3c(c2)OCO3)C(C(=O)O)[C@@H]1CCN1CCC(=O)N(C)C1=O)c1ccc[n+](C)c1. The first-order valence-electron chi connectivity index (χ1n) is 14.9. The highest BCUT2D eigenvalue weighted by Gasteiger charge is 2.48. The summed E-state index contributed by atoms with van der Waals surface area (Å²) in [6.45, 7) is 3.68. The van der Waals surface area contributed by atoms with Gasteiger partial charge in [0.25, 0.3) is 0 Å². The number of carboxylic acid groups (broad SMARTS) is 1. The Bertz CT molecular complexity index is 1380. The minimum absolute atomic E-state index is 0.0319. The molecule has 12 heteroatoms. The minimum atomic E-state index is -0.960. The number of likely N-dealkylation sites (tertiary alicyclic amines) is 1. The molecule has 1 aromatic heterocycles. The largest absolute Gasteiger partial charge is 0.481 e. The van der Waals surface area contributed by atoms with E-state index in [0.29, 0.717) is 31.0 Å². The van der Waals surface area contributed by atoms with Gasteiger partial charge in [0, 0.05) is 57.7 Å². The van der Waals surface area contributed by atoms with E-state index in [9.17, 15) is 24.3 Å². The molecule has 43 heavy (non-hydrogen) atoms. The fourth-order valence-electron chi connectivity index (χ4n) is 6.35. The summed E-state index contributed by atoms with van der Waals surface area (Å²) >= 11 is 0. The van der Waals surface area contributed by atoms with Crippen LogP contribution in [0.25, 0.3) is 0 Å². The molecule has 0 saturated carbocycles. The van der Waals surface area contributed by atoms with Crippen LogP contribution >= 0.6 is 0 Å². The lowest BCUT2D eigenvalue weighted by molar-refractivity contribution is -0.670. The van der Waals surface area contributed by atoms with Gasteiger partial charge in [-0.1, -0.05) is 19.4 Å². The molecule has 1 N–H and O–H groups in total. The molecule has 2 saturated heterocycles. The van der Waals surface area contributed by atoms with Gasteiger partial charge >= 0.3 is 12.0 Å². The van der Waals surface area contributed by atoms with Gasteiger partial charge in [0.05, 0.1) is 12.5 Å². The van der Waals surface area contributed by atoms with Gasteiger partial charge in [0.15, 0.2) is 23.9 Å². The number of aromatic nitrogens is 1. The van der Waals surface area contributed by atoms with Crippen LogP contribution in [0.5, 0.6) is 11.5 Å². The molecule has 230 valence electrons. The van der Waals surface area contributed by atoms with Crippen molar-refractivity contribution in [2.45, 2.75) is 44.6 Å². The fraction of sp³-hybridized carbons (Fsp3) is 0.516. The number of hydrogen-bond donors (Lipinski definition) is 1. The molecule has 3 aliphatic rings. The second-order valence-electron chi connectivity index (χ2n) is 11.5. The second-order valence-corrected chi connectivity index (χ2v) is 11.5. The molecular formula is C31H40N5O7+. The number of aryl methyl sites for hydroxylation is 1. The average Bonchev–Trinajstić information content (AvgIpc) is 3.60. The van der Waals surface area contributed by atoms with Crippen LogP contribution in [0.4, 0.5) is 10.5 Å². The zero-order chi connectivity index (χ0) is 30.7. The number of rotatable bonds is 11. The van der Waals surface area contributed by atoms with Crippen molar-refractivity contribution in [1.29, 1.82) is 0 Å². The molecule has 0 spiro atoms. The first kappa shape index (κ1) is 30.3. The van der Waals surface area contributed by atoms with Crippen LogP contribution in [-0.2, 0) is 21.4 Å². The molecule has 12 nitrogen and oxygen atoms in total. The molecule has 0 bridgehead atoms. The second kappa shape index (κ2) is 13.0. The maximum Gasteiger partial charge on any atom is 0.326 e. The van der Waals surface area contributed by atoms with E-state index in [1.165, 1.54) is 7.05 Å². The Hall–Kier alpha value is -4.19. The van der Waals surface area contributed by atoms with Crippen LogP contribution < -0.4 is 18.9 Å². The van der Waals surface area contributed by atoms with Crippen molar-refractivity contribution in [3.63, 3.8) is 0 Å². The third-order valence-corrected chi connectivity index (χ3v) is 8.69. The normalized spacial score (nSPS) is 21.9. The predicted octanol–water partition coefficient (Wildman–Crippen LogP) is 2.22. The van der Waals surface area contributed by atoms with Crippen molar-refractivity contribution in [2.24, 2.45) is 13.0 Å². The number of carbonyl (C=O) groups excluding carboxylic acids is 3. The van der Waals surface area contributed by atoms with E-state index < -0.39 is 29.9 Å². The number of ether oxygens (including phenoxy) is 2. The molecule has 3 aliphatic heterocycles. The number of carboxylic acids is 1. The van der Waals surface area contributed by atoms with E-state index in [4.69, 9.17) is 9.47 Å². The van der Waals surface area contributed by atoms with Gasteiger partial charge in [-0.25, -0.2) is 9.36 Å². The van der Waals surface area contributed by atoms with Crippen molar-refractivity contribution in [2.75, 3.05) is 51.5 Å². The van der Waals surface area contributed by atoms with Crippen LogP contribution in [-0.4, -0.2) is 96.2 Å². The van der Waals surface area contributed by atoms with Crippen LogP contribution in [0, 0.1) is 5.92 Å². The molecule has 4 amide bonds. The van der Waals surface area contributed by atoms with E-state index >= 15 is 0 Å². The van der Waals surface area contributed by atoms with E-state index in [-0.39, 0.29) is 44.7 Å². The fourth-order valence-corrected chi connectivity index (χ4v) is 6.35. The number of anilines is 1. The molecule has 0 aliphatic carbocycles. The maximum atomic E-state index is 14.0. The average molecular weight is 595 g/mol. The summed E-state index contributed by atoms with van der Waals surface area (Å²) in [6, 6.07) is 8.38. The Morgan fingerprint density at radius 3 is 2.70 bits per heavy atom. The highest BCUT2D eigenvalue weighted by molar-refractivity contribution is 5.96. The lowest BCUT2D eigenvalue weighted by Crippen LogP contribution is -2.52. The van der Waals surface area contributed by atoms with Crippen molar-refractivity contribution in [3.05, 3.63) is 48.3 Å². The summed E-state index contributed by atoms with van der Waals surface area (Å²) in [5, 5.41) is 10.5. The third-order valence-electron chi connectivity index (χ3n) is 8.69. The molecule has 2 fully saturated rings. The minimum Gasteiger partial charge on any atom is -0.481 e. The number of amides is 4. The third kappa shape index (κ3) is 6.43. The van der Waals surface area contributed by atoms with Gasteiger partial charge in [0.2, 0.25) is 18.6 Å². The first-order valence-corrected chi connectivity index (χ1v) is 14.9. The quantitative estimate of drug-likeness (QED) is 0.393. The number of fused-ring (bicyclic) bond motifs is 1. The van der Waals surface area contributed by atoms with Crippen molar-refractivity contribution in [1.82, 2.24) is 14.7 Å². The monoisotopic (exact) mass is 594 g/mol. The van der Waals surface area contributed by atoms with E-state index in [0.717, 1.165) is 29.0 Å². The number of urea groups is 1. The van der Waals surface area contributed by atoms with Crippen LogP contribution in [0.2, 0.25) is 0 Å². The number of nitrogens with zero attached hydrogens (tertiary/aromatic N) is 5. The van der Waals surface area contributed by atoms with Gasteiger partial charge in [-0.15, -0.1) is 0 Å². The molecule has 2 aromatic rings. The Balaban J connectivity index is 1.43. The summed E-state index contributed by atoms with van der Waals surface area (Å²) in [5.74, 6) is -1.36. The summed E-state index contributed by atoms with van der Waals surface area (Å²) in [6.07, 6.45) is 6.12. The number of pyridine rings is 1. The van der Waals surface area contributed by atoms with Crippen molar-refractivity contribution in [3.8, 4) is 11.5 Å². The van der Waals surface area contributed by atoms with Crippen LogP contribution in [0.15, 0.2) is 42.7 Å². The van der Waals surface area contributed by atoms with Crippen LogP contribution in [0.3, 0.4) is 0 Å².